The van der Waals surface area contributed by atoms with Crippen molar-refractivity contribution in [1.29, 1.82) is 5.26 Å². The van der Waals surface area contributed by atoms with Crippen LogP contribution in [0.5, 0.6) is 0 Å². The molecule has 0 aliphatic carbocycles. The Morgan fingerprint density at radius 2 is 1.19 bits per heavy atom. The summed E-state index contributed by atoms with van der Waals surface area (Å²) in [7, 11) is 0. The van der Waals surface area contributed by atoms with E-state index in [0.29, 0.717) is 210 Å². The molecule has 0 fully saturated rings. The third-order valence-corrected chi connectivity index (χ3v) is 11.2. The molecule has 3 aromatic rings. The number of benzene rings is 3. The van der Waals surface area contributed by atoms with Crippen molar-refractivity contribution in [3.05, 3.63) is 95.1 Å². The average Bonchev–Trinajstić information content (AvgIpc) is 3.90. The molecule has 0 bridgehead atoms. The van der Waals surface area contributed by atoms with E-state index in [0.717, 1.165) is 6.42 Å². The molecule has 1 heterocycles. The summed E-state index contributed by atoms with van der Waals surface area (Å²) in [6.07, 6.45) is 3.54. The van der Waals surface area contributed by atoms with E-state index in [4.69, 9.17) is 62.8 Å². The van der Waals surface area contributed by atoms with Crippen LogP contribution >= 0.6 is 0 Å². The third kappa shape index (κ3) is 31.4. The summed E-state index contributed by atoms with van der Waals surface area (Å²) in [4.78, 5) is 49.8. The lowest BCUT2D eigenvalue weighted by molar-refractivity contribution is -0.156. The fraction of sp³-hybridized carbons (Fsp3) is 0.559. The van der Waals surface area contributed by atoms with Crippen molar-refractivity contribution in [2.24, 2.45) is 15.7 Å². The number of nitrogens with two attached hydrogens (primary N) is 1. The molecule has 446 valence electrons. The zero-order valence-electron chi connectivity index (χ0n) is 47.9. The quantitative estimate of drug-likeness (QED) is 0.0214. The molecule has 0 aromatic heterocycles. The van der Waals surface area contributed by atoms with E-state index < -0.39 is 5.60 Å². The molecule has 22 heteroatoms. The molecule has 0 unspecified atom stereocenters. The summed E-state index contributed by atoms with van der Waals surface area (Å²) in [5.41, 5.74) is 9.91. The number of carbonyl (C=O) groups excluding carboxylic acids is 3. The Morgan fingerprint density at radius 1 is 0.654 bits per heavy atom. The van der Waals surface area contributed by atoms with E-state index in [-0.39, 0.29) is 36.5 Å². The monoisotopic (exact) mass is 1130 g/mol. The molecule has 0 saturated carbocycles. The molecule has 2 amide bonds. The van der Waals surface area contributed by atoms with Gasteiger partial charge in [0.25, 0.3) is 5.91 Å². The van der Waals surface area contributed by atoms with Crippen LogP contribution in [0.15, 0.2) is 88.4 Å². The number of hydrogen-bond acceptors (Lipinski definition) is 18. The molecule has 1 aliphatic heterocycles. The van der Waals surface area contributed by atoms with E-state index in [2.05, 4.69) is 27.0 Å². The van der Waals surface area contributed by atoms with Crippen LogP contribution in [0.25, 0.3) is 6.08 Å². The fourth-order valence-corrected chi connectivity index (χ4v) is 7.45. The first-order chi connectivity index (χ1) is 39.4. The van der Waals surface area contributed by atoms with E-state index in [1.165, 1.54) is 0 Å². The Hall–Kier alpha value is -6.36. The first-order valence-corrected chi connectivity index (χ1v) is 27.8. The number of esters is 1. The molecule has 81 heavy (non-hydrogen) atoms. The first-order valence-electron chi connectivity index (χ1n) is 27.8. The van der Waals surface area contributed by atoms with Crippen molar-refractivity contribution in [3.8, 4) is 6.07 Å². The van der Waals surface area contributed by atoms with Crippen molar-refractivity contribution >= 4 is 52.7 Å². The van der Waals surface area contributed by atoms with Crippen LogP contribution in [0.1, 0.15) is 74.9 Å². The highest BCUT2D eigenvalue weighted by atomic mass is 16.6. The highest BCUT2D eigenvalue weighted by molar-refractivity contribution is 6.08. The Labute approximate surface area is 477 Å². The van der Waals surface area contributed by atoms with Crippen LogP contribution in [0.2, 0.25) is 0 Å². The highest BCUT2D eigenvalue weighted by Gasteiger charge is 2.22. The van der Waals surface area contributed by atoms with E-state index in [1.54, 1.807) is 36.4 Å². The van der Waals surface area contributed by atoms with Gasteiger partial charge in [0.15, 0.2) is 5.96 Å². The number of rotatable bonds is 43. The number of carbonyl (C=O) groups is 3. The lowest BCUT2D eigenvalue weighted by Crippen LogP contribution is -2.36. The molecule has 4 rings (SSSR count). The van der Waals surface area contributed by atoms with Gasteiger partial charge >= 0.3 is 5.97 Å². The largest absolute Gasteiger partial charge is 0.460 e. The fourth-order valence-electron chi connectivity index (χ4n) is 7.45. The zero-order chi connectivity index (χ0) is 58.0. The summed E-state index contributed by atoms with van der Waals surface area (Å²) in [6.45, 7) is 18.0. The van der Waals surface area contributed by atoms with Gasteiger partial charge in [0, 0.05) is 60.7 Å². The van der Waals surface area contributed by atoms with Gasteiger partial charge in [0.1, 0.15) is 11.4 Å². The lowest BCUT2D eigenvalue weighted by Gasteiger charge is -2.23. The van der Waals surface area contributed by atoms with Crippen LogP contribution in [-0.4, -0.2) is 198 Å². The molecule has 0 saturated heterocycles. The zero-order valence-corrected chi connectivity index (χ0v) is 47.9. The molecule has 22 nitrogen and oxygen atoms in total. The van der Waals surface area contributed by atoms with Gasteiger partial charge in [0.2, 0.25) is 5.91 Å². The SMILES string of the molecule is CCCN(CCCN=C(NCCOCCOCCOCCOCCOCCOCCOCCOCCOCCOCCC(=O)OC(C)(C)C)Nc1cccc(C#N)c1)C(=O)C1=Cc2ccc(C(=O)Nc3ccccc3)cc2N=C(N)C1. The van der Waals surface area contributed by atoms with Gasteiger partial charge in [-0.1, -0.05) is 37.3 Å². The minimum atomic E-state index is -0.491. The molecular weight excluding hydrogens is 1040 g/mol. The summed E-state index contributed by atoms with van der Waals surface area (Å²) in [5, 5.41) is 18.9. The second-order valence-corrected chi connectivity index (χ2v) is 19.1. The molecular formula is C59H86N8O14. The Bertz CT molecular complexity index is 2400. The lowest BCUT2D eigenvalue weighted by atomic mass is 10.0. The number of ether oxygens (including phenoxy) is 11. The number of nitrogens with one attached hydrogen (secondary N) is 3. The summed E-state index contributed by atoms with van der Waals surface area (Å²) >= 11 is 0. The standard InChI is InChI=1S/C59H86N8O14/c1-5-20-67(57(70)50-43-48-15-16-49(44-53(48)66-54(61)45-50)56(69)64-51-12-7-6-8-13-51)21-10-18-62-58(65-52-14-9-11-47(42-52)46-60)63-19-23-72-25-27-74-29-31-76-33-35-78-37-39-80-41-40-79-38-36-77-34-32-75-30-28-73-26-24-71-22-17-55(68)81-59(2,3)4/h6-9,11-16,42-44H,5,10,17-41,45H2,1-4H3,(H2,61,66)(H,64,69)(H2,62,63,65). The average molecular weight is 1130 g/mol. The number of nitrogens with zero attached hydrogens (tertiary/aromatic N) is 4. The number of hydrogen-bond donors (Lipinski definition) is 4. The third-order valence-electron chi connectivity index (χ3n) is 11.2. The van der Waals surface area contributed by atoms with Crippen molar-refractivity contribution in [3.63, 3.8) is 0 Å². The maximum absolute atomic E-state index is 14.0. The van der Waals surface area contributed by atoms with Crippen LogP contribution in [0.3, 0.4) is 0 Å². The van der Waals surface area contributed by atoms with Crippen LogP contribution in [0, 0.1) is 11.3 Å². The number of anilines is 2. The van der Waals surface area contributed by atoms with Gasteiger partial charge in [-0.25, -0.2) is 4.99 Å². The maximum Gasteiger partial charge on any atom is 0.308 e. The Balaban J connectivity index is 0.987. The smallest absolute Gasteiger partial charge is 0.308 e. The molecule has 3 aromatic carbocycles. The van der Waals surface area contributed by atoms with E-state index >= 15 is 0 Å². The number of fused-ring (bicyclic) bond motifs is 1. The summed E-state index contributed by atoms with van der Waals surface area (Å²) in [6, 6.07) is 23.7. The molecule has 0 atom stereocenters. The number of amidine groups is 1. The minimum absolute atomic E-state index is 0.132. The van der Waals surface area contributed by atoms with Crippen molar-refractivity contribution in [1.82, 2.24) is 10.2 Å². The number of amides is 2. The van der Waals surface area contributed by atoms with Crippen LogP contribution in [-0.2, 0) is 61.7 Å². The number of aliphatic imine (C=N–C) groups is 2. The van der Waals surface area contributed by atoms with Crippen molar-refractivity contribution < 1.29 is 66.5 Å². The van der Waals surface area contributed by atoms with E-state index in [9.17, 15) is 19.6 Å². The number of para-hydroxylation sites is 1. The predicted octanol–water partition coefficient (Wildman–Crippen LogP) is 6.17. The highest BCUT2D eigenvalue weighted by Crippen LogP contribution is 2.29. The number of guanidine groups is 1. The van der Waals surface area contributed by atoms with Crippen molar-refractivity contribution in [2.45, 2.75) is 59.0 Å². The molecule has 1 aliphatic rings. The normalized spacial score (nSPS) is 12.4. The van der Waals surface area contributed by atoms with Gasteiger partial charge < -0.3 is 78.7 Å². The van der Waals surface area contributed by atoms with Gasteiger partial charge in [-0.3, -0.25) is 19.4 Å². The van der Waals surface area contributed by atoms with Gasteiger partial charge in [-0.05, 0) is 82.2 Å². The predicted molar refractivity (Wildman–Crippen MR) is 310 cm³/mol. The van der Waals surface area contributed by atoms with Crippen LogP contribution < -0.4 is 21.7 Å². The first kappa shape index (κ1) is 67.1. The van der Waals surface area contributed by atoms with Gasteiger partial charge in [-0.2, -0.15) is 5.26 Å². The van der Waals surface area contributed by atoms with Crippen molar-refractivity contribution in [2.75, 3.05) is 169 Å². The molecule has 5 N–H and O–H groups in total. The summed E-state index contributed by atoms with van der Waals surface area (Å²) in [5.74, 6) is 0.107. The minimum Gasteiger partial charge on any atom is -0.460 e. The van der Waals surface area contributed by atoms with E-state index in [1.807, 2.05) is 75.1 Å². The summed E-state index contributed by atoms with van der Waals surface area (Å²) < 4.78 is 60.7. The van der Waals surface area contributed by atoms with Gasteiger partial charge in [0.05, 0.1) is 156 Å². The second-order valence-electron chi connectivity index (χ2n) is 19.1. The number of nitriles is 1. The Kier molecular flexibility index (Phi) is 34.5. The second kappa shape index (κ2) is 41.6. The van der Waals surface area contributed by atoms with Crippen LogP contribution in [0.4, 0.5) is 17.1 Å². The molecule has 0 spiro atoms. The van der Waals surface area contributed by atoms with Gasteiger partial charge in [-0.15, -0.1) is 0 Å². The molecule has 0 radical (unpaired) electrons. The topological polar surface area (TPSA) is 267 Å². The maximum atomic E-state index is 14.0. The Morgan fingerprint density at radius 3 is 1.72 bits per heavy atom.